The van der Waals surface area contributed by atoms with Crippen molar-refractivity contribution >= 4 is 19.2 Å². The molecule has 0 bridgehead atoms. The van der Waals surface area contributed by atoms with Crippen molar-refractivity contribution in [3.8, 4) is 0 Å². The van der Waals surface area contributed by atoms with Crippen LogP contribution in [0.3, 0.4) is 0 Å². The fraction of sp³-hybridized carbons (Fsp3) is 1.00. The summed E-state index contributed by atoms with van der Waals surface area (Å²) in [5, 5.41) is 7.94. The van der Waals surface area contributed by atoms with Gasteiger partial charge < -0.3 is 14.2 Å². The molecule has 0 radical (unpaired) electrons. The van der Waals surface area contributed by atoms with Crippen LogP contribution in [0.2, 0.25) is 0 Å². The summed E-state index contributed by atoms with van der Waals surface area (Å²) in [4.78, 5) is 0. The molecule has 0 saturated carbocycles. The first-order chi connectivity index (χ1) is 4.98. The highest BCUT2D eigenvalue weighted by molar-refractivity contribution is 7.56. The van der Waals surface area contributed by atoms with Crippen LogP contribution in [0.15, 0.2) is 0 Å². The first kappa shape index (κ1) is 11.4. The number of hydrogen-bond acceptors (Lipinski definition) is 4. The molecular formula is C5H12ClO4P. The minimum atomic E-state index is -3.31. The van der Waals surface area contributed by atoms with Crippen molar-refractivity contribution in [2.24, 2.45) is 0 Å². The van der Waals surface area contributed by atoms with Crippen LogP contribution >= 0.6 is 19.2 Å². The quantitative estimate of drug-likeness (QED) is 0.553. The van der Waals surface area contributed by atoms with Crippen LogP contribution < -0.4 is 0 Å². The van der Waals surface area contributed by atoms with Gasteiger partial charge in [0.25, 0.3) is 0 Å². The maximum Gasteiger partial charge on any atom is 0.350 e. The van der Waals surface area contributed by atoms with Crippen LogP contribution in [0.25, 0.3) is 0 Å². The second kappa shape index (κ2) is 4.43. The van der Waals surface area contributed by atoms with Gasteiger partial charge in [0.05, 0.1) is 6.10 Å². The smallest absolute Gasteiger partial charge is 0.350 e. The number of rotatable bonds is 4. The van der Waals surface area contributed by atoms with Crippen molar-refractivity contribution in [1.82, 2.24) is 0 Å². The standard InChI is InChI=1S/C5H12ClO4P/c1-4(7)5(6)11(8,9-2)10-3/h4-5,7H,1-3H3/t4-,5-/m0/s1. The Kier molecular flexibility index (Phi) is 4.59. The van der Waals surface area contributed by atoms with Gasteiger partial charge in [-0.05, 0) is 6.92 Å². The van der Waals surface area contributed by atoms with E-state index >= 15 is 0 Å². The topological polar surface area (TPSA) is 55.8 Å². The Balaban J connectivity index is 4.38. The predicted octanol–water partition coefficient (Wildman–Crippen LogP) is 1.42. The van der Waals surface area contributed by atoms with Crippen molar-refractivity contribution in [2.45, 2.75) is 18.1 Å². The molecule has 0 spiro atoms. The maximum absolute atomic E-state index is 11.4. The second-order valence-corrected chi connectivity index (χ2v) is 5.16. The number of halogens is 1. The number of aliphatic hydroxyl groups excluding tert-OH is 1. The lowest BCUT2D eigenvalue weighted by Crippen LogP contribution is -2.18. The van der Waals surface area contributed by atoms with Gasteiger partial charge in [0.2, 0.25) is 0 Å². The van der Waals surface area contributed by atoms with Gasteiger partial charge in [-0.3, -0.25) is 4.57 Å². The fourth-order valence-corrected chi connectivity index (χ4v) is 2.10. The summed E-state index contributed by atoms with van der Waals surface area (Å²) in [6, 6.07) is 0. The third-order valence-electron chi connectivity index (χ3n) is 1.21. The van der Waals surface area contributed by atoms with Gasteiger partial charge in [-0.15, -0.1) is 11.6 Å². The molecule has 0 heterocycles. The highest BCUT2D eigenvalue weighted by Crippen LogP contribution is 2.54. The number of hydrogen-bond donors (Lipinski definition) is 1. The first-order valence-corrected chi connectivity index (χ1v) is 5.06. The van der Waals surface area contributed by atoms with Crippen LogP contribution in [0.4, 0.5) is 0 Å². The predicted molar refractivity (Wildman–Crippen MR) is 42.9 cm³/mol. The molecule has 1 N–H and O–H groups in total. The molecule has 68 valence electrons. The molecule has 0 aliphatic rings. The molecule has 0 fully saturated rings. The summed E-state index contributed by atoms with van der Waals surface area (Å²) in [7, 11) is -0.864. The van der Waals surface area contributed by atoms with Gasteiger partial charge >= 0.3 is 7.60 Å². The molecule has 0 aromatic carbocycles. The number of aliphatic hydroxyl groups is 1. The van der Waals surface area contributed by atoms with Crippen LogP contribution in [0, 0.1) is 0 Å². The van der Waals surface area contributed by atoms with E-state index in [0.29, 0.717) is 0 Å². The van der Waals surface area contributed by atoms with Crippen LogP contribution in [-0.4, -0.2) is 30.5 Å². The molecule has 6 heteroatoms. The van der Waals surface area contributed by atoms with Gasteiger partial charge in [-0.2, -0.15) is 0 Å². The van der Waals surface area contributed by atoms with Gasteiger partial charge in [-0.1, -0.05) is 0 Å². The fourth-order valence-electron chi connectivity index (χ4n) is 0.540. The van der Waals surface area contributed by atoms with E-state index in [-0.39, 0.29) is 0 Å². The number of alkyl halides is 1. The lowest BCUT2D eigenvalue weighted by Gasteiger charge is -2.20. The summed E-state index contributed by atoms with van der Waals surface area (Å²) in [6.45, 7) is 1.42. The summed E-state index contributed by atoms with van der Waals surface area (Å²) < 4.78 is 20.5. The largest absolute Gasteiger partial charge is 0.391 e. The van der Waals surface area contributed by atoms with E-state index in [1.807, 2.05) is 0 Å². The Morgan fingerprint density at radius 2 is 1.82 bits per heavy atom. The van der Waals surface area contributed by atoms with E-state index in [1.165, 1.54) is 21.1 Å². The molecule has 0 saturated heterocycles. The SMILES string of the molecule is COP(=O)(OC)[C@H](Cl)[C@H](C)O. The molecule has 4 nitrogen and oxygen atoms in total. The summed E-state index contributed by atoms with van der Waals surface area (Å²) >= 11 is 5.56. The van der Waals surface area contributed by atoms with Crippen LogP contribution in [-0.2, 0) is 13.6 Å². The highest BCUT2D eigenvalue weighted by Gasteiger charge is 2.35. The molecule has 0 aliphatic heterocycles. The molecule has 11 heavy (non-hydrogen) atoms. The van der Waals surface area contributed by atoms with E-state index in [1.54, 1.807) is 0 Å². The van der Waals surface area contributed by atoms with Gasteiger partial charge in [0, 0.05) is 14.2 Å². The highest BCUT2D eigenvalue weighted by atomic mass is 35.5. The summed E-state index contributed by atoms with van der Waals surface area (Å²) in [5.74, 6) is 0. The first-order valence-electron chi connectivity index (χ1n) is 3.01. The van der Waals surface area contributed by atoms with E-state index in [2.05, 4.69) is 9.05 Å². The zero-order valence-electron chi connectivity index (χ0n) is 6.65. The van der Waals surface area contributed by atoms with Gasteiger partial charge in [0.15, 0.2) is 5.12 Å². The summed E-state index contributed by atoms with van der Waals surface area (Å²) in [6.07, 6.45) is -0.928. The Morgan fingerprint density at radius 1 is 1.45 bits per heavy atom. The van der Waals surface area contributed by atoms with Gasteiger partial charge in [-0.25, -0.2) is 0 Å². The lowest BCUT2D eigenvalue weighted by atomic mass is 10.5. The third-order valence-corrected chi connectivity index (χ3v) is 4.34. The molecule has 0 unspecified atom stereocenters. The van der Waals surface area contributed by atoms with Crippen LogP contribution in [0.1, 0.15) is 6.92 Å². The minimum Gasteiger partial charge on any atom is -0.391 e. The minimum absolute atomic E-state index is 0.928. The van der Waals surface area contributed by atoms with Crippen molar-refractivity contribution in [1.29, 1.82) is 0 Å². The van der Waals surface area contributed by atoms with Crippen molar-refractivity contribution < 1.29 is 18.7 Å². The molecule has 0 aromatic rings. The lowest BCUT2D eigenvalue weighted by molar-refractivity contribution is 0.186. The van der Waals surface area contributed by atoms with Crippen molar-refractivity contribution in [3.05, 3.63) is 0 Å². The van der Waals surface area contributed by atoms with Gasteiger partial charge in [0.1, 0.15) is 0 Å². The molecule has 0 amide bonds. The molecule has 0 aliphatic carbocycles. The van der Waals surface area contributed by atoms with E-state index in [9.17, 15) is 4.57 Å². The van der Waals surface area contributed by atoms with E-state index in [0.717, 1.165) is 0 Å². The van der Waals surface area contributed by atoms with E-state index in [4.69, 9.17) is 16.7 Å². The van der Waals surface area contributed by atoms with Crippen molar-refractivity contribution in [3.63, 3.8) is 0 Å². The Morgan fingerprint density at radius 3 is 1.91 bits per heavy atom. The Labute approximate surface area is 71.0 Å². The van der Waals surface area contributed by atoms with E-state index < -0.39 is 18.8 Å². The summed E-state index contributed by atoms with van der Waals surface area (Å²) in [5.41, 5.74) is 0. The zero-order chi connectivity index (χ0) is 9.07. The second-order valence-electron chi connectivity index (χ2n) is 2.02. The monoisotopic (exact) mass is 202 g/mol. The molecule has 2 atom stereocenters. The molecular weight excluding hydrogens is 190 g/mol. The molecule has 0 rings (SSSR count). The third kappa shape index (κ3) is 2.73. The Bertz CT molecular complexity index is 153. The van der Waals surface area contributed by atoms with Crippen LogP contribution in [0.5, 0.6) is 0 Å². The maximum atomic E-state index is 11.4. The van der Waals surface area contributed by atoms with Crippen molar-refractivity contribution in [2.75, 3.05) is 14.2 Å². The average Bonchev–Trinajstić information content (AvgIpc) is 2.01. The average molecular weight is 203 g/mol. The zero-order valence-corrected chi connectivity index (χ0v) is 8.30. The normalized spacial score (nSPS) is 17.9. The molecule has 0 aromatic heterocycles. The Hall–Kier alpha value is 0.400.